The molecule has 2 heterocycles. The second-order valence-electron chi connectivity index (χ2n) is 4.38. The lowest BCUT2D eigenvalue weighted by atomic mass is 10.1. The van der Waals surface area contributed by atoms with Gasteiger partial charge in [-0.15, -0.1) is 0 Å². The van der Waals surface area contributed by atoms with E-state index < -0.39 is 0 Å². The maximum atomic E-state index is 3.48. The highest BCUT2D eigenvalue weighted by molar-refractivity contribution is 7.99. The largest absolute Gasteiger partial charge is 0.313 e. The fourth-order valence-corrected chi connectivity index (χ4v) is 3.11. The summed E-state index contributed by atoms with van der Waals surface area (Å²) >= 11 is 2.12. The molecule has 2 unspecified atom stereocenters. The summed E-state index contributed by atoms with van der Waals surface area (Å²) < 4.78 is 0. The standard InChI is InChI=1S/C10H20N2S/c1-9-6-12(4-5-13-8-9)7-10-2-3-11-10/h9-11H,2-8H2,1H3. The SMILES string of the molecule is CC1CSCCN(CC2CCN2)C1. The second kappa shape index (κ2) is 4.67. The summed E-state index contributed by atoms with van der Waals surface area (Å²) in [5, 5.41) is 3.48. The van der Waals surface area contributed by atoms with Crippen molar-refractivity contribution in [3.63, 3.8) is 0 Å². The first kappa shape index (κ1) is 9.81. The molecule has 0 saturated carbocycles. The average Bonchev–Trinajstić information content (AvgIpc) is 2.22. The van der Waals surface area contributed by atoms with Crippen molar-refractivity contribution in [2.24, 2.45) is 5.92 Å². The van der Waals surface area contributed by atoms with Crippen molar-refractivity contribution in [3.05, 3.63) is 0 Å². The smallest absolute Gasteiger partial charge is 0.0207 e. The second-order valence-corrected chi connectivity index (χ2v) is 5.53. The predicted molar refractivity (Wildman–Crippen MR) is 59.3 cm³/mol. The molecule has 0 spiro atoms. The van der Waals surface area contributed by atoms with Crippen LogP contribution in [0.4, 0.5) is 0 Å². The highest BCUT2D eigenvalue weighted by Crippen LogP contribution is 2.16. The molecule has 2 saturated heterocycles. The van der Waals surface area contributed by atoms with Gasteiger partial charge < -0.3 is 10.2 Å². The van der Waals surface area contributed by atoms with E-state index in [1.807, 2.05) is 0 Å². The van der Waals surface area contributed by atoms with Crippen LogP contribution in [0.3, 0.4) is 0 Å². The van der Waals surface area contributed by atoms with E-state index >= 15 is 0 Å². The van der Waals surface area contributed by atoms with Crippen molar-refractivity contribution in [2.75, 3.05) is 37.7 Å². The monoisotopic (exact) mass is 200 g/mol. The Balaban J connectivity index is 1.75. The van der Waals surface area contributed by atoms with Crippen molar-refractivity contribution in [2.45, 2.75) is 19.4 Å². The van der Waals surface area contributed by atoms with E-state index in [9.17, 15) is 0 Å². The lowest BCUT2D eigenvalue weighted by Gasteiger charge is -2.33. The third-order valence-corrected chi connectivity index (χ3v) is 4.20. The number of hydrogen-bond donors (Lipinski definition) is 1. The molecule has 0 bridgehead atoms. The maximum absolute atomic E-state index is 3.48. The van der Waals surface area contributed by atoms with Gasteiger partial charge in [0.2, 0.25) is 0 Å². The Hall–Kier alpha value is 0.270. The van der Waals surface area contributed by atoms with Gasteiger partial charge in [-0.2, -0.15) is 11.8 Å². The normalized spacial score (nSPS) is 36.7. The summed E-state index contributed by atoms with van der Waals surface area (Å²) in [6, 6.07) is 0.801. The zero-order chi connectivity index (χ0) is 9.10. The van der Waals surface area contributed by atoms with Crippen molar-refractivity contribution < 1.29 is 0 Å². The third-order valence-electron chi connectivity index (χ3n) is 2.93. The van der Waals surface area contributed by atoms with Crippen LogP contribution in [-0.4, -0.2) is 48.6 Å². The molecule has 0 aromatic carbocycles. The molecular formula is C10H20N2S. The first-order chi connectivity index (χ1) is 6.34. The minimum absolute atomic E-state index is 0.801. The number of nitrogens with zero attached hydrogens (tertiary/aromatic N) is 1. The molecule has 2 aliphatic heterocycles. The van der Waals surface area contributed by atoms with Gasteiger partial charge >= 0.3 is 0 Å². The summed E-state index contributed by atoms with van der Waals surface area (Å²) in [4.78, 5) is 2.64. The van der Waals surface area contributed by atoms with Gasteiger partial charge in [-0.3, -0.25) is 0 Å². The highest BCUT2D eigenvalue weighted by Gasteiger charge is 2.22. The molecule has 2 aliphatic rings. The van der Waals surface area contributed by atoms with Gasteiger partial charge in [0.05, 0.1) is 0 Å². The summed E-state index contributed by atoms with van der Waals surface area (Å²) in [6.07, 6.45) is 1.39. The molecule has 0 amide bonds. The number of thioether (sulfide) groups is 1. The molecule has 2 atom stereocenters. The van der Waals surface area contributed by atoms with Crippen LogP contribution in [0.1, 0.15) is 13.3 Å². The van der Waals surface area contributed by atoms with Crippen LogP contribution in [0.25, 0.3) is 0 Å². The van der Waals surface area contributed by atoms with E-state index in [0.717, 1.165) is 12.0 Å². The Labute approximate surface area is 85.4 Å². The van der Waals surface area contributed by atoms with Crippen LogP contribution in [0.2, 0.25) is 0 Å². The van der Waals surface area contributed by atoms with Crippen molar-refractivity contribution in [3.8, 4) is 0 Å². The third kappa shape index (κ3) is 2.86. The Morgan fingerprint density at radius 2 is 2.38 bits per heavy atom. The predicted octanol–water partition coefficient (Wildman–Crippen LogP) is 1.03. The molecule has 0 aromatic heterocycles. The van der Waals surface area contributed by atoms with Gasteiger partial charge in [-0.05, 0) is 24.6 Å². The zero-order valence-corrected chi connectivity index (χ0v) is 9.28. The topological polar surface area (TPSA) is 15.3 Å². The van der Waals surface area contributed by atoms with E-state index in [1.165, 1.54) is 44.1 Å². The average molecular weight is 200 g/mol. The van der Waals surface area contributed by atoms with Crippen LogP contribution < -0.4 is 5.32 Å². The molecule has 0 aliphatic carbocycles. The highest BCUT2D eigenvalue weighted by atomic mass is 32.2. The molecule has 0 radical (unpaired) electrons. The molecule has 2 fully saturated rings. The summed E-state index contributed by atoms with van der Waals surface area (Å²) in [6.45, 7) is 7.51. The van der Waals surface area contributed by atoms with Crippen molar-refractivity contribution in [1.82, 2.24) is 10.2 Å². The first-order valence-electron chi connectivity index (χ1n) is 5.38. The Kier molecular flexibility index (Phi) is 3.52. The number of nitrogens with one attached hydrogen (secondary N) is 1. The molecule has 13 heavy (non-hydrogen) atoms. The Morgan fingerprint density at radius 1 is 1.54 bits per heavy atom. The van der Waals surface area contributed by atoms with Gasteiger partial charge in [-0.1, -0.05) is 6.92 Å². The lowest BCUT2D eigenvalue weighted by molar-refractivity contribution is 0.203. The van der Waals surface area contributed by atoms with Gasteiger partial charge in [0.15, 0.2) is 0 Å². The van der Waals surface area contributed by atoms with Gasteiger partial charge in [-0.25, -0.2) is 0 Å². The van der Waals surface area contributed by atoms with Crippen LogP contribution in [0.15, 0.2) is 0 Å². The molecule has 2 rings (SSSR count). The lowest BCUT2D eigenvalue weighted by Crippen LogP contribution is -2.51. The Morgan fingerprint density at radius 3 is 3.08 bits per heavy atom. The molecule has 76 valence electrons. The maximum Gasteiger partial charge on any atom is 0.0207 e. The molecule has 1 N–H and O–H groups in total. The van der Waals surface area contributed by atoms with Crippen molar-refractivity contribution in [1.29, 1.82) is 0 Å². The minimum atomic E-state index is 0.801. The molecule has 2 nitrogen and oxygen atoms in total. The van der Waals surface area contributed by atoms with E-state index in [2.05, 4.69) is 28.9 Å². The summed E-state index contributed by atoms with van der Waals surface area (Å²) in [5.74, 6) is 3.57. The van der Waals surface area contributed by atoms with Crippen LogP contribution in [0.5, 0.6) is 0 Å². The van der Waals surface area contributed by atoms with Gasteiger partial charge in [0.25, 0.3) is 0 Å². The number of hydrogen-bond acceptors (Lipinski definition) is 3. The zero-order valence-electron chi connectivity index (χ0n) is 8.46. The number of rotatable bonds is 2. The van der Waals surface area contributed by atoms with E-state index in [-0.39, 0.29) is 0 Å². The Bertz CT molecular complexity index is 159. The van der Waals surface area contributed by atoms with E-state index in [1.54, 1.807) is 0 Å². The summed E-state index contributed by atoms with van der Waals surface area (Å²) in [5.41, 5.74) is 0. The molecular weight excluding hydrogens is 180 g/mol. The van der Waals surface area contributed by atoms with Gasteiger partial charge in [0.1, 0.15) is 0 Å². The fourth-order valence-electron chi connectivity index (χ4n) is 2.04. The van der Waals surface area contributed by atoms with Crippen LogP contribution in [0, 0.1) is 5.92 Å². The quantitative estimate of drug-likeness (QED) is 0.717. The minimum Gasteiger partial charge on any atom is -0.313 e. The van der Waals surface area contributed by atoms with E-state index in [4.69, 9.17) is 0 Å². The van der Waals surface area contributed by atoms with Crippen LogP contribution >= 0.6 is 11.8 Å². The van der Waals surface area contributed by atoms with Crippen molar-refractivity contribution >= 4 is 11.8 Å². The van der Waals surface area contributed by atoms with E-state index in [0.29, 0.717) is 0 Å². The molecule has 0 aromatic rings. The molecule has 3 heteroatoms. The fraction of sp³-hybridized carbons (Fsp3) is 1.00. The first-order valence-corrected chi connectivity index (χ1v) is 6.53. The van der Waals surface area contributed by atoms with Gasteiger partial charge in [0, 0.05) is 31.4 Å². The van der Waals surface area contributed by atoms with Crippen LogP contribution in [-0.2, 0) is 0 Å². The summed E-state index contributed by atoms with van der Waals surface area (Å²) in [7, 11) is 0.